The Morgan fingerprint density at radius 3 is 2.71 bits per heavy atom. The van der Waals surface area contributed by atoms with Crippen molar-refractivity contribution in [3.05, 3.63) is 35.1 Å². The first-order valence-electron chi connectivity index (χ1n) is 5.89. The molecular weight excluding hydrogens is 237 g/mol. The van der Waals surface area contributed by atoms with Crippen molar-refractivity contribution in [2.24, 2.45) is 11.7 Å². The van der Waals surface area contributed by atoms with Crippen molar-refractivity contribution in [1.29, 1.82) is 0 Å². The molecule has 0 saturated carbocycles. The van der Waals surface area contributed by atoms with Crippen LogP contribution in [0.5, 0.6) is 0 Å². The molecule has 2 N–H and O–H groups in total. The maximum atomic E-state index is 13.6. The van der Waals surface area contributed by atoms with Crippen molar-refractivity contribution in [3.63, 3.8) is 0 Å². The van der Waals surface area contributed by atoms with Gasteiger partial charge in [0.15, 0.2) is 0 Å². The molecule has 0 fully saturated rings. The molecule has 0 aromatic heterocycles. The van der Waals surface area contributed by atoms with Crippen molar-refractivity contribution >= 4 is 10.8 Å². The molecule has 1 aromatic carbocycles. The molecule has 0 aliphatic rings. The fourth-order valence-corrected chi connectivity index (χ4v) is 3.07. The molecule has 0 heterocycles. The van der Waals surface area contributed by atoms with Crippen LogP contribution in [0.25, 0.3) is 0 Å². The van der Waals surface area contributed by atoms with Crippen LogP contribution in [0.4, 0.5) is 4.39 Å². The van der Waals surface area contributed by atoms with Gasteiger partial charge in [-0.2, -0.15) is 0 Å². The third-order valence-corrected chi connectivity index (χ3v) is 4.41. The molecule has 0 aliphatic carbocycles. The highest BCUT2D eigenvalue weighted by atomic mass is 32.2. The first kappa shape index (κ1) is 14.3. The van der Waals surface area contributed by atoms with E-state index in [1.54, 1.807) is 12.1 Å². The van der Waals surface area contributed by atoms with Gasteiger partial charge in [0, 0.05) is 28.7 Å². The normalized spacial score (nSPS) is 14.6. The van der Waals surface area contributed by atoms with E-state index < -0.39 is 10.8 Å². The first-order valence-corrected chi connectivity index (χ1v) is 7.38. The zero-order valence-electron chi connectivity index (χ0n) is 10.4. The van der Waals surface area contributed by atoms with E-state index in [2.05, 4.69) is 13.8 Å². The third kappa shape index (κ3) is 4.56. The fourth-order valence-electron chi connectivity index (χ4n) is 1.50. The largest absolute Gasteiger partial charge is 0.326 e. The number of nitrogens with two attached hydrogens (primary N) is 1. The Bertz CT molecular complexity index is 395. The fraction of sp³-hybridized carbons (Fsp3) is 0.538. The molecule has 0 spiro atoms. The Balaban J connectivity index is 2.65. The number of rotatable bonds is 6. The van der Waals surface area contributed by atoms with Gasteiger partial charge in [0.25, 0.3) is 0 Å². The number of benzene rings is 1. The van der Waals surface area contributed by atoms with Gasteiger partial charge in [-0.15, -0.1) is 0 Å². The Hall–Kier alpha value is -0.740. The number of hydrogen-bond acceptors (Lipinski definition) is 2. The molecule has 2 unspecified atom stereocenters. The van der Waals surface area contributed by atoms with E-state index >= 15 is 0 Å². The van der Waals surface area contributed by atoms with Crippen LogP contribution in [0, 0.1) is 11.7 Å². The molecule has 2 nitrogen and oxygen atoms in total. The van der Waals surface area contributed by atoms with Crippen LogP contribution in [0.15, 0.2) is 18.2 Å². The van der Waals surface area contributed by atoms with Gasteiger partial charge in [-0.25, -0.2) is 4.39 Å². The highest BCUT2D eigenvalue weighted by molar-refractivity contribution is 7.84. The Morgan fingerprint density at radius 2 is 2.18 bits per heavy atom. The van der Waals surface area contributed by atoms with Crippen LogP contribution >= 0.6 is 0 Å². The Kier molecular flexibility index (Phi) is 5.78. The summed E-state index contributed by atoms with van der Waals surface area (Å²) >= 11 is 0. The average Bonchev–Trinajstić information content (AvgIpc) is 2.31. The summed E-state index contributed by atoms with van der Waals surface area (Å²) in [5, 5.41) is 0. The maximum Gasteiger partial charge on any atom is 0.127 e. The molecule has 0 bridgehead atoms. The average molecular weight is 257 g/mol. The summed E-state index contributed by atoms with van der Waals surface area (Å²) in [5.41, 5.74) is 6.71. The highest BCUT2D eigenvalue weighted by Crippen LogP contribution is 2.14. The predicted octanol–water partition coefficient (Wildman–Crippen LogP) is 2.58. The van der Waals surface area contributed by atoms with E-state index in [4.69, 9.17) is 5.73 Å². The van der Waals surface area contributed by atoms with E-state index in [0.717, 1.165) is 12.0 Å². The molecule has 1 aromatic rings. The second-order valence-corrected chi connectivity index (χ2v) is 5.90. The highest BCUT2D eigenvalue weighted by Gasteiger charge is 2.10. The molecule has 0 saturated heterocycles. The molecular formula is C13H20FNOS. The molecule has 1 rings (SSSR count). The molecule has 96 valence electrons. The third-order valence-electron chi connectivity index (χ3n) is 2.84. The summed E-state index contributed by atoms with van der Waals surface area (Å²) in [6.07, 6.45) is 1.00. The van der Waals surface area contributed by atoms with Crippen molar-refractivity contribution in [3.8, 4) is 0 Å². The van der Waals surface area contributed by atoms with Crippen LogP contribution < -0.4 is 5.73 Å². The lowest BCUT2D eigenvalue weighted by Crippen LogP contribution is -2.10. The summed E-state index contributed by atoms with van der Waals surface area (Å²) in [6.45, 7) is 4.46. The lowest BCUT2D eigenvalue weighted by Gasteiger charge is -2.09. The van der Waals surface area contributed by atoms with Crippen LogP contribution in [0.3, 0.4) is 0 Å². The van der Waals surface area contributed by atoms with Crippen molar-refractivity contribution in [2.45, 2.75) is 32.6 Å². The van der Waals surface area contributed by atoms with Gasteiger partial charge in [-0.1, -0.05) is 32.4 Å². The van der Waals surface area contributed by atoms with Crippen molar-refractivity contribution in [2.75, 3.05) is 5.75 Å². The quantitative estimate of drug-likeness (QED) is 0.851. The smallest absolute Gasteiger partial charge is 0.127 e. The molecule has 0 radical (unpaired) electrons. The summed E-state index contributed by atoms with van der Waals surface area (Å²) in [4.78, 5) is 0. The van der Waals surface area contributed by atoms with Gasteiger partial charge >= 0.3 is 0 Å². The second kappa shape index (κ2) is 6.87. The summed E-state index contributed by atoms with van der Waals surface area (Å²) in [5.74, 6) is 1.04. The van der Waals surface area contributed by atoms with E-state index in [9.17, 15) is 8.60 Å². The van der Waals surface area contributed by atoms with Gasteiger partial charge in [0.2, 0.25) is 0 Å². The van der Waals surface area contributed by atoms with Gasteiger partial charge < -0.3 is 5.73 Å². The molecule has 0 amide bonds. The van der Waals surface area contributed by atoms with Gasteiger partial charge in [-0.05, 0) is 17.5 Å². The minimum absolute atomic E-state index is 0.293. The lowest BCUT2D eigenvalue weighted by molar-refractivity contribution is 0.605. The molecule has 17 heavy (non-hydrogen) atoms. The minimum atomic E-state index is -0.991. The second-order valence-electron chi connectivity index (χ2n) is 4.39. The maximum absolute atomic E-state index is 13.6. The van der Waals surface area contributed by atoms with E-state index in [1.165, 1.54) is 6.07 Å². The Morgan fingerprint density at radius 1 is 1.47 bits per heavy atom. The van der Waals surface area contributed by atoms with Crippen molar-refractivity contribution < 1.29 is 8.60 Å². The zero-order chi connectivity index (χ0) is 12.8. The van der Waals surface area contributed by atoms with Crippen LogP contribution in [0.1, 0.15) is 31.4 Å². The zero-order valence-corrected chi connectivity index (χ0v) is 11.2. The topological polar surface area (TPSA) is 43.1 Å². The molecule has 4 heteroatoms. The van der Waals surface area contributed by atoms with Crippen LogP contribution in [-0.4, -0.2) is 9.96 Å². The SMILES string of the molecule is CCC(C)CS(=O)Cc1ccc(CN)cc1F. The lowest BCUT2D eigenvalue weighted by atomic mass is 10.1. The molecule has 2 atom stereocenters. The summed E-state index contributed by atoms with van der Waals surface area (Å²) in [6, 6.07) is 4.90. The molecule has 0 aliphatic heterocycles. The van der Waals surface area contributed by atoms with Gasteiger partial charge in [0.05, 0.1) is 5.75 Å². The van der Waals surface area contributed by atoms with Crippen LogP contribution in [0.2, 0.25) is 0 Å². The summed E-state index contributed by atoms with van der Waals surface area (Å²) in [7, 11) is -0.991. The van der Waals surface area contributed by atoms with E-state index in [-0.39, 0.29) is 5.82 Å². The number of hydrogen-bond donors (Lipinski definition) is 1. The predicted molar refractivity (Wildman–Crippen MR) is 70.5 cm³/mol. The van der Waals surface area contributed by atoms with Crippen molar-refractivity contribution in [1.82, 2.24) is 0 Å². The Labute approximate surface area is 105 Å². The summed E-state index contributed by atoms with van der Waals surface area (Å²) < 4.78 is 25.4. The monoisotopic (exact) mass is 257 g/mol. The number of halogens is 1. The van der Waals surface area contributed by atoms with E-state index in [0.29, 0.717) is 29.5 Å². The first-order chi connectivity index (χ1) is 8.06. The minimum Gasteiger partial charge on any atom is -0.326 e. The van der Waals surface area contributed by atoms with E-state index in [1.807, 2.05) is 0 Å². The van der Waals surface area contributed by atoms with Gasteiger partial charge in [0.1, 0.15) is 5.82 Å². The van der Waals surface area contributed by atoms with Gasteiger partial charge in [-0.3, -0.25) is 4.21 Å². The van der Waals surface area contributed by atoms with Crippen LogP contribution in [-0.2, 0) is 23.1 Å². The standard InChI is InChI=1S/C13H20FNOS/c1-3-10(2)8-17(16)9-12-5-4-11(7-15)6-13(12)14/h4-6,10H,3,7-9,15H2,1-2H3.